The zero-order chi connectivity index (χ0) is 22.1. The molecule has 1 atom stereocenters. The van der Waals surface area contributed by atoms with E-state index in [1.54, 1.807) is 12.0 Å². The third-order valence-corrected chi connectivity index (χ3v) is 5.15. The summed E-state index contributed by atoms with van der Waals surface area (Å²) in [5.74, 6) is 1.03. The van der Waals surface area contributed by atoms with Crippen molar-refractivity contribution < 1.29 is 19.1 Å². The Morgan fingerprint density at radius 1 is 1.07 bits per heavy atom. The second-order valence-electron chi connectivity index (χ2n) is 7.18. The van der Waals surface area contributed by atoms with E-state index in [4.69, 9.17) is 9.47 Å². The fourth-order valence-electron chi connectivity index (χ4n) is 3.24. The van der Waals surface area contributed by atoms with Crippen LogP contribution in [-0.4, -0.2) is 43.0 Å². The third-order valence-electron chi connectivity index (χ3n) is 5.15. The van der Waals surface area contributed by atoms with Gasteiger partial charge < -0.3 is 19.7 Å². The van der Waals surface area contributed by atoms with Gasteiger partial charge in [-0.1, -0.05) is 31.2 Å². The van der Waals surface area contributed by atoms with E-state index in [1.165, 1.54) is 0 Å². The summed E-state index contributed by atoms with van der Waals surface area (Å²) in [5.41, 5.74) is 3.02. The summed E-state index contributed by atoms with van der Waals surface area (Å²) >= 11 is 0. The number of carbonyl (C=O) groups excluding carboxylic acids is 2. The lowest BCUT2D eigenvalue weighted by molar-refractivity contribution is -0.142. The van der Waals surface area contributed by atoms with Crippen LogP contribution < -0.4 is 14.8 Å². The Bertz CT molecular complexity index is 849. The summed E-state index contributed by atoms with van der Waals surface area (Å²) < 4.78 is 11.0. The zero-order valence-electron chi connectivity index (χ0n) is 18.5. The summed E-state index contributed by atoms with van der Waals surface area (Å²) in [5, 5.41) is 2.83. The summed E-state index contributed by atoms with van der Waals surface area (Å²) in [6.45, 7) is 8.43. The molecule has 0 radical (unpaired) electrons. The Kier molecular flexibility index (Phi) is 8.71. The molecule has 2 amide bonds. The van der Waals surface area contributed by atoms with Gasteiger partial charge in [-0.3, -0.25) is 9.59 Å². The van der Waals surface area contributed by atoms with Gasteiger partial charge in [0.05, 0.1) is 7.11 Å². The fourth-order valence-corrected chi connectivity index (χ4v) is 3.24. The SMILES string of the molecule is CCNC(=O)[C@H](CC)N(Cc1ccc(OC)cc1)C(=O)COc1cccc(C)c1C. The van der Waals surface area contributed by atoms with Crippen molar-refractivity contribution in [3.8, 4) is 11.5 Å². The van der Waals surface area contributed by atoms with Crippen LogP contribution in [0.4, 0.5) is 0 Å². The van der Waals surface area contributed by atoms with E-state index in [0.717, 1.165) is 22.4 Å². The maximum Gasteiger partial charge on any atom is 0.261 e. The number of aryl methyl sites for hydroxylation is 1. The molecule has 0 aliphatic heterocycles. The van der Waals surface area contributed by atoms with Gasteiger partial charge in [-0.2, -0.15) is 0 Å². The van der Waals surface area contributed by atoms with Crippen molar-refractivity contribution in [3.05, 3.63) is 59.2 Å². The summed E-state index contributed by atoms with van der Waals surface area (Å²) in [4.78, 5) is 27.4. The van der Waals surface area contributed by atoms with Gasteiger partial charge in [0.15, 0.2) is 6.61 Å². The van der Waals surface area contributed by atoms with Crippen LogP contribution in [0.25, 0.3) is 0 Å². The molecule has 0 aliphatic rings. The van der Waals surface area contributed by atoms with Crippen molar-refractivity contribution in [3.63, 3.8) is 0 Å². The third kappa shape index (κ3) is 5.99. The number of methoxy groups -OCH3 is 1. The van der Waals surface area contributed by atoms with Crippen LogP contribution in [0.1, 0.15) is 37.0 Å². The summed E-state index contributed by atoms with van der Waals surface area (Å²) in [6, 6.07) is 12.7. The minimum Gasteiger partial charge on any atom is -0.497 e. The maximum atomic E-state index is 13.1. The van der Waals surface area contributed by atoms with Gasteiger partial charge >= 0.3 is 0 Å². The van der Waals surface area contributed by atoms with Gasteiger partial charge in [0.25, 0.3) is 5.91 Å². The fraction of sp³-hybridized carbons (Fsp3) is 0.417. The van der Waals surface area contributed by atoms with E-state index in [-0.39, 0.29) is 18.4 Å². The van der Waals surface area contributed by atoms with Crippen LogP contribution in [0.2, 0.25) is 0 Å². The second-order valence-corrected chi connectivity index (χ2v) is 7.18. The Balaban J connectivity index is 2.22. The molecule has 0 saturated carbocycles. The molecule has 1 N–H and O–H groups in total. The van der Waals surface area contributed by atoms with E-state index >= 15 is 0 Å². The van der Waals surface area contributed by atoms with Gasteiger partial charge in [0, 0.05) is 13.1 Å². The van der Waals surface area contributed by atoms with E-state index in [9.17, 15) is 9.59 Å². The van der Waals surface area contributed by atoms with E-state index in [1.807, 2.05) is 70.2 Å². The summed E-state index contributed by atoms with van der Waals surface area (Å²) in [7, 11) is 1.61. The highest BCUT2D eigenvalue weighted by Gasteiger charge is 2.28. The molecule has 0 spiro atoms. The van der Waals surface area contributed by atoms with E-state index in [0.29, 0.717) is 25.3 Å². The van der Waals surface area contributed by atoms with Gasteiger partial charge in [-0.05, 0) is 62.1 Å². The van der Waals surface area contributed by atoms with Crippen LogP contribution >= 0.6 is 0 Å². The monoisotopic (exact) mass is 412 g/mol. The number of hydrogen-bond acceptors (Lipinski definition) is 4. The van der Waals surface area contributed by atoms with Crippen molar-refractivity contribution in [2.24, 2.45) is 0 Å². The van der Waals surface area contributed by atoms with Crippen LogP contribution in [-0.2, 0) is 16.1 Å². The predicted octanol–water partition coefficient (Wildman–Crippen LogP) is 3.63. The Morgan fingerprint density at radius 3 is 2.37 bits per heavy atom. The molecule has 6 heteroatoms. The Morgan fingerprint density at radius 2 is 1.77 bits per heavy atom. The van der Waals surface area contributed by atoms with Crippen LogP contribution in [0.15, 0.2) is 42.5 Å². The average molecular weight is 413 g/mol. The molecule has 0 unspecified atom stereocenters. The maximum absolute atomic E-state index is 13.1. The Labute approximate surface area is 179 Å². The number of likely N-dealkylation sites (N-methyl/N-ethyl adjacent to an activating group) is 1. The molecule has 162 valence electrons. The molecule has 0 saturated heterocycles. The molecule has 6 nitrogen and oxygen atoms in total. The molecule has 0 bridgehead atoms. The quantitative estimate of drug-likeness (QED) is 0.647. The number of nitrogens with zero attached hydrogens (tertiary/aromatic N) is 1. The predicted molar refractivity (Wildman–Crippen MR) is 118 cm³/mol. The first-order valence-corrected chi connectivity index (χ1v) is 10.3. The number of carbonyl (C=O) groups is 2. The highest BCUT2D eigenvalue weighted by Crippen LogP contribution is 2.21. The van der Waals surface area contributed by atoms with Gasteiger partial charge in [0.2, 0.25) is 5.91 Å². The first-order valence-electron chi connectivity index (χ1n) is 10.3. The molecule has 2 aromatic carbocycles. The summed E-state index contributed by atoms with van der Waals surface area (Å²) in [6.07, 6.45) is 0.511. The molecule has 0 aromatic heterocycles. The lowest BCUT2D eigenvalue weighted by atomic mass is 10.1. The molecule has 2 rings (SSSR count). The molecule has 0 fully saturated rings. The smallest absolute Gasteiger partial charge is 0.261 e. The lowest BCUT2D eigenvalue weighted by Gasteiger charge is -2.30. The molecule has 2 aromatic rings. The minimum absolute atomic E-state index is 0.129. The Hall–Kier alpha value is -3.02. The molecule has 0 heterocycles. The van der Waals surface area contributed by atoms with Gasteiger partial charge in [-0.25, -0.2) is 0 Å². The number of hydrogen-bond donors (Lipinski definition) is 1. The van der Waals surface area contributed by atoms with Crippen LogP contribution in [0, 0.1) is 13.8 Å². The van der Waals surface area contributed by atoms with Crippen molar-refractivity contribution in [2.45, 2.75) is 46.7 Å². The molecular weight excluding hydrogens is 380 g/mol. The van der Waals surface area contributed by atoms with Crippen molar-refractivity contribution >= 4 is 11.8 Å². The highest BCUT2D eigenvalue weighted by atomic mass is 16.5. The van der Waals surface area contributed by atoms with Crippen LogP contribution in [0.5, 0.6) is 11.5 Å². The standard InChI is InChI=1S/C24H32N2O4/c1-6-21(24(28)25-7-2)26(15-19-11-13-20(29-5)14-12-19)23(27)16-30-22-10-8-9-17(3)18(22)4/h8-14,21H,6-7,15-16H2,1-5H3,(H,25,28)/t21-/m0/s1. The minimum atomic E-state index is -0.568. The topological polar surface area (TPSA) is 67.9 Å². The average Bonchev–Trinajstić information content (AvgIpc) is 2.75. The van der Waals surface area contributed by atoms with Crippen molar-refractivity contribution in [1.82, 2.24) is 10.2 Å². The largest absolute Gasteiger partial charge is 0.497 e. The lowest BCUT2D eigenvalue weighted by Crippen LogP contribution is -2.50. The van der Waals surface area contributed by atoms with E-state index < -0.39 is 6.04 Å². The number of ether oxygens (including phenoxy) is 2. The van der Waals surface area contributed by atoms with Crippen molar-refractivity contribution in [2.75, 3.05) is 20.3 Å². The van der Waals surface area contributed by atoms with Gasteiger partial charge in [0.1, 0.15) is 17.5 Å². The molecule has 0 aliphatic carbocycles. The highest BCUT2D eigenvalue weighted by molar-refractivity contribution is 5.88. The molecule has 30 heavy (non-hydrogen) atoms. The number of benzene rings is 2. The van der Waals surface area contributed by atoms with Crippen molar-refractivity contribution in [1.29, 1.82) is 0 Å². The molecular formula is C24H32N2O4. The first kappa shape index (κ1) is 23.3. The second kappa shape index (κ2) is 11.2. The first-order chi connectivity index (χ1) is 14.4. The number of nitrogens with one attached hydrogen (secondary N) is 1. The van der Waals surface area contributed by atoms with E-state index in [2.05, 4.69) is 5.32 Å². The van der Waals surface area contributed by atoms with Crippen LogP contribution in [0.3, 0.4) is 0 Å². The normalized spacial score (nSPS) is 11.5. The zero-order valence-corrected chi connectivity index (χ0v) is 18.5. The number of rotatable bonds is 10. The number of amides is 2. The van der Waals surface area contributed by atoms with Gasteiger partial charge in [-0.15, -0.1) is 0 Å².